The molecule has 1 saturated heterocycles. The van der Waals surface area contributed by atoms with Crippen LogP contribution in [0.1, 0.15) is 5.56 Å². The molecule has 1 N–H and O–H groups in total. The average Bonchev–Trinajstić information content (AvgIpc) is 2.72. The number of amides is 2. The lowest BCUT2D eigenvalue weighted by Gasteiger charge is -2.32. The van der Waals surface area contributed by atoms with Crippen LogP contribution in [-0.2, 0) is 16.1 Å². The van der Waals surface area contributed by atoms with Crippen LogP contribution in [0.25, 0.3) is 0 Å². The monoisotopic (exact) mass is 394 g/mol. The quantitative estimate of drug-likeness (QED) is 0.838. The van der Waals surface area contributed by atoms with Crippen molar-refractivity contribution in [1.29, 1.82) is 0 Å². The highest BCUT2D eigenvalue weighted by Crippen LogP contribution is 2.31. The minimum absolute atomic E-state index is 0.0398. The Balaban J connectivity index is 1.38. The molecule has 2 aromatic carbocycles. The van der Waals surface area contributed by atoms with E-state index < -0.39 is 0 Å². The molecular weight excluding hydrogens is 368 g/mol. The second-order valence-corrected chi connectivity index (χ2v) is 7.56. The molecule has 0 radical (unpaired) electrons. The molecule has 0 unspecified atom stereocenters. The minimum Gasteiger partial charge on any atom is -0.482 e. The molecule has 0 aromatic heterocycles. The summed E-state index contributed by atoms with van der Waals surface area (Å²) in [6, 6.07) is 15.2. The van der Waals surface area contributed by atoms with E-state index in [9.17, 15) is 9.59 Å². The molecule has 2 aliphatic rings. The van der Waals surface area contributed by atoms with E-state index in [4.69, 9.17) is 4.74 Å². The standard InChI is InChI=1S/C22H26N4O3/c1-24-9-11-25(12-10-24)14-17-5-4-6-18(13-17)23-21(27)15-26-19-7-2-3-8-20(19)29-16-22(26)28/h2-8,13H,9-12,14-16H2,1H3,(H,23,27). The van der Waals surface area contributed by atoms with Crippen molar-refractivity contribution in [3.05, 3.63) is 54.1 Å². The van der Waals surface area contributed by atoms with Crippen molar-refractivity contribution in [2.75, 3.05) is 56.6 Å². The largest absolute Gasteiger partial charge is 0.482 e. The summed E-state index contributed by atoms with van der Waals surface area (Å²) in [5.41, 5.74) is 2.54. The summed E-state index contributed by atoms with van der Waals surface area (Å²) in [6.45, 7) is 5.02. The van der Waals surface area contributed by atoms with Crippen LogP contribution in [0.5, 0.6) is 5.75 Å². The molecule has 0 saturated carbocycles. The van der Waals surface area contributed by atoms with Gasteiger partial charge in [-0.1, -0.05) is 24.3 Å². The first-order valence-electron chi connectivity index (χ1n) is 9.90. The zero-order valence-corrected chi connectivity index (χ0v) is 16.6. The summed E-state index contributed by atoms with van der Waals surface area (Å²) >= 11 is 0. The molecular formula is C22H26N4O3. The molecule has 29 heavy (non-hydrogen) atoms. The Morgan fingerprint density at radius 3 is 2.69 bits per heavy atom. The van der Waals surface area contributed by atoms with Crippen LogP contribution in [0.15, 0.2) is 48.5 Å². The first-order valence-corrected chi connectivity index (χ1v) is 9.90. The van der Waals surface area contributed by atoms with Gasteiger partial charge in [-0.25, -0.2) is 0 Å². The number of carbonyl (C=O) groups excluding carboxylic acids is 2. The molecule has 152 valence electrons. The van der Waals surface area contributed by atoms with Gasteiger partial charge in [-0.05, 0) is 36.9 Å². The average molecular weight is 394 g/mol. The van der Waals surface area contributed by atoms with Crippen molar-refractivity contribution in [3.63, 3.8) is 0 Å². The Kier molecular flexibility index (Phi) is 5.78. The molecule has 2 aromatic rings. The van der Waals surface area contributed by atoms with Gasteiger partial charge in [0.1, 0.15) is 12.3 Å². The van der Waals surface area contributed by atoms with Crippen molar-refractivity contribution in [1.82, 2.24) is 9.80 Å². The molecule has 4 rings (SSSR count). The van der Waals surface area contributed by atoms with Crippen molar-refractivity contribution < 1.29 is 14.3 Å². The summed E-state index contributed by atoms with van der Waals surface area (Å²) in [7, 11) is 2.14. The predicted molar refractivity (Wildman–Crippen MR) is 112 cm³/mol. The molecule has 0 bridgehead atoms. The van der Waals surface area contributed by atoms with Gasteiger partial charge in [-0.15, -0.1) is 0 Å². The number of para-hydroxylation sites is 2. The molecule has 2 amide bonds. The maximum atomic E-state index is 12.6. The lowest BCUT2D eigenvalue weighted by atomic mass is 10.1. The minimum atomic E-state index is -0.230. The fourth-order valence-corrected chi connectivity index (χ4v) is 3.68. The number of likely N-dealkylation sites (N-methyl/N-ethyl adjacent to an activating group) is 1. The van der Waals surface area contributed by atoms with E-state index in [1.165, 1.54) is 10.5 Å². The molecule has 1 fully saturated rings. The topological polar surface area (TPSA) is 65.1 Å². The number of hydrogen-bond acceptors (Lipinski definition) is 5. The number of carbonyl (C=O) groups is 2. The second kappa shape index (κ2) is 8.63. The third-order valence-corrected chi connectivity index (χ3v) is 5.32. The first kappa shape index (κ1) is 19.4. The SMILES string of the molecule is CN1CCN(Cc2cccc(NC(=O)CN3C(=O)COc4ccccc43)c2)CC1. The molecule has 0 atom stereocenters. The summed E-state index contributed by atoms with van der Waals surface area (Å²) < 4.78 is 5.43. The van der Waals surface area contributed by atoms with Gasteiger partial charge in [0.05, 0.1) is 5.69 Å². The van der Waals surface area contributed by atoms with Crippen LogP contribution < -0.4 is 15.0 Å². The van der Waals surface area contributed by atoms with E-state index in [0.717, 1.165) is 38.4 Å². The van der Waals surface area contributed by atoms with Crippen molar-refractivity contribution in [2.24, 2.45) is 0 Å². The molecule has 0 aliphatic carbocycles. The number of piperazine rings is 1. The second-order valence-electron chi connectivity index (χ2n) is 7.56. The van der Waals surface area contributed by atoms with Crippen LogP contribution in [0.4, 0.5) is 11.4 Å². The number of fused-ring (bicyclic) bond motifs is 1. The number of ether oxygens (including phenoxy) is 1. The van der Waals surface area contributed by atoms with Gasteiger partial charge in [0.25, 0.3) is 5.91 Å². The zero-order valence-electron chi connectivity index (χ0n) is 16.6. The van der Waals surface area contributed by atoms with Gasteiger partial charge >= 0.3 is 0 Å². The highest BCUT2D eigenvalue weighted by atomic mass is 16.5. The van der Waals surface area contributed by atoms with E-state index in [1.54, 1.807) is 12.1 Å². The van der Waals surface area contributed by atoms with Gasteiger partial charge < -0.3 is 15.0 Å². The lowest BCUT2D eigenvalue weighted by Crippen LogP contribution is -2.44. The molecule has 7 nitrogen and oxygen atoms in total. The third kappa shape index (κ3) is 4.75. The van der Waals surface area contributed by atoms with Crippen LogP contribution in [0.2, 0.25) is 0 Å². The van der Waals surface area contributed by atoms with Gasteiger partial charge in [0.15, 0.2) is 6.61 Å². The molecule has 0 spiro atoms. The lowest BCUT2D eigenvalue weighted by molar-refractivity contribution is -0.123. The van der Waals surface area contributed by atoms with Crippen LogP contribution in [-0.4, -0.2) is 68.0 Å². The Morgan fingerprint density at radius 2 is 1.86 bits per heavy atom. The molecule has 2 aliphatic heterocycles. The Bertz CT molecular complexity index is 893. The van der Waals surface area contributed by atoms with Crippen molar-refractivity contribution in [2.45, 2.75) is 6.54 Å². The van der Waals surface area contributed by atoms with E-state index in [1.807, 2.05) is 30.3 Å². The van der Waals surface area contributed by atoms with Gasteiger partial charge in [0.2, 0.25) is 5.91 Å². The van der Waals surface area contributed by atoms with E-state index >= 15 is 0 Å². The van der Waals surface area contributed by atoms with Gasteiger partial charge in [-0.2, -0.15) is 0 Å². The Labute approximate surface area is 170 Å². The Hall–Kier alpha value is -2.90. The normalized spacial score (nSPS) is 17.6. The molecule has 2 heterocycles. The van der Waals surface area contributed by atoms with Gasteiger partial charge in [-0.3, -0.25) is 19.4 Å². The third-order valence-electron chi connectivity index (χ3n) is 5.32. The summed E-state index contributed by atoms with van der Waals surface area (Å²) in [6.07, 6.45) is 0. The fraction of sp³-hybridized carbons (Fsp3) is 0.364. The number of nitrogens with zero attached hydrogens (tertiary/aromatic N) is 3. The maximum Gasteiger partial charge on any atom is 0.265 e. The van der Waals surface area contributed by atoms with E-state index in [0.29, 0.717) is 11.4 Å². The summed E-state index contributed by atoms with van der Waals surface area (Å²) in [4.78, 5) is 31.1. The number of anilines is 2. The van der Waals surface area contributed by atoms with Crippen LogP contribution in [0, 0.1) is 0 Å². The van der Waals surface area contributed by atoms with Crippen LogP contribution >= 0.6 is 0 Å². The summed E-state index contributed by atoms with van der Waals surface area (Å²) in [5, 5.41) is 2.92. The summed E-state index contributed by atoms with van der Waals surface area (Å²) in [5.74, 6) is 0.170. The van der Waals surface area contributed by atoms with E-state index in [2.05, 4.69) is 28.2 Å². The predicted octanol–water partition coefficient (Wildman–Crippen LogP) is 1.80. The number of nitrogens with one attached hydrogen (secondary N) is 1. The highest BCUT2D eigenvalue weighted by molar-refractivity contribution is 6.04. The Morgan fingerprint density at radius 1 is 1.07 bits per heavy atom. The number of benzene rings is 2. The number of rotatable bonds is 5. The van der Waals surface area contributed by atoms with Crippen molar-refractivity contribution >= 4 is 23.2 Å². The zero-order chi connectivity index (χ0) is 20.2. The van der Waals surface area contributed by atoms with Crippen molar-refractivity contribution in [3.8, 4) is 5.75 Å². The highest BCUT2D eigenvalue weighted by Gasteiger charge is 2.27. The van der Waals surface area contributed by atoms with Gasteiger partial charge in [0, 0.05) is 38.4 Å². The van der Waals surface area contributed by atoms with E-state index in [-0.39, 0.29) is 25.0 Å². The molecule has 7 heteroatoms. The number of hydrogen-bond donors (Lipinski definition) is 1. The maximum absolute atomic E-state index is 12.6. The fourth-order valence-electron chi connectivity index (χ4n) is 3.68. The van der Waals surface area contributed by atoms with Crippen LogP contribution in [0.3, 0.4) is 0 Å². The smallest absolute Gasteiger partial charge is 0.265 e. The first-order chi connectivity index (χ1) is 14.1.